The molecule has 2 nitrogen and oxygen atoms in total. The lowest BCUT2D eigenvalue weighted by molar-refractivity contribution is 0.206. The number of benzene rings is 1. The van der Waals surface area contributed by atoms with Gasteiger partial charge in [-0.05, 0) is 49.1 Å². The summed E-state index contributed by atoms with van der Waals surface area (Å²) in [4.78, 5) is 0. The molecular formula is C16H25NO. The molecule has 1 aliphatic rings. The summed E-state index contributed by atoms with van der Waals surface area (Å²) in [5, 5.41) is 12.7. The van der Waals surface area contributed by atoms with Gasteiger partial charge in [-0.15, -0.1) is 0 Å². The topological polar surface area (TPSA) is 32.3 Å². The van der Waals surface area contributed by atoms with Crippen LogP contribution < -0.4 is 5.32 Å². The van der Waals surface area contributed by atoms with Crippen molar-refractivity contribution in [3.05, 3.63) is 35.4 Å². The maximum atomic E-state index is 9.16. The average molecular weight is 247 g/mol. The summed E-state index contributed by atoms with van der Waals surface area (Å²) < 4.78 is 0. The molecule has 0 fully saturated rings. The minimum absolute atomic E-state index is 0.259. The lowest BCUT2D eigenvalue weighted by atomic mass is 9.82. The third-order valence-corrected chi connectivity index (χ3v) is 4.32. The van der Waals surface area contributed by atoms with Crippen molar-refractivity contribution in [1.29, 1.82) is 0 Å². The fraction of sp³-hybridized carbons (Fsp3) is 0.625. The monoisotopic (exact) mass is 247 g/mol. The van der Waals surface area contributed by atoms with E-state index >= 15 is 0 Å². The standard InChI is InChI=1S/C16H25NO/c1-12(11-18)13(2)17-10-15-8-5-7-14-6-3-4-9-16(14)15/h3-4,6,9,12-13,15,17-18H,5,7-8,10-11H2,1-2H3. The van der Waals surface area contributed by atoms with Gasteiger partial charge in [-0.1, -0.05) is 31.2 Å². The van der Waals surface area contributed by atoms with E-state index in [0.717, 1.165) is 6.54 Å². The summed E-state index contributed by atoms with van der Waals surface area (Å²) in [5.74, 6) is 0.965. The first-order valence-corrected chi connectivity index (χ1v) is 7.14. The zero-order chi connectivity index (χ0) is 13.0. The van der Waals surface area contributed by atoms with Crippen LogP contribution >= 0.6 is 0 Å². The first kappa shape index (κ1) is 13.6. The predicted octanol–water partition coefficient (Wildman–Crippen LogP) is 2.71. The number of fused-ring (bicyclic) bond motifs is 1. The second-order valence-electron chi connectivity index (χ2n) is 5.64. The van der Waals surface area contributed by atoms with E-state index in [-0.39, 0.29) is 6.61 Å². The molecule has 0 saturated carbocycles. The minimum Gasteiger partial charge on any atom is -0.396 e. The zero-order valence-corrected chi connectivity index (χ0v) is 11.5. The zero-order valence-electron chi connectivity index (χ0n) is 11.5. The van der Waals surface area contributed by atoms with Crippen molar-refractivity contribution < 1.29 is 5.11 Å². The van der Waals surface area contributed by atoms with Crippen LogP contribution in [0.5, 0.6) is 0 Å². The number of hydrogen-bond acceptors (Lipinski definition) is 2. The van der Waals surface area contributed by atoms with E-state index in [4.69, 9.17) is 5.11 Å². The Balaban J connectivity index is 1.95. The van der Waals surface area contributed by atoms with Crippen LogP contribution in [0, 0.1) is 5.92 Å². The van der Waals surface area contributed by atoms with Gasteiger partial charge >= 0.3 is 0 Å². The lowest BCUT2D eigenvalue weighted by Crippen LogP contribution is -2.37. The smallest absolute Gasteiger partial charge is 0.0471 e. The van der Waals surface area contributed by atoms with Crippen molar-refractivity contribution in [1.82, 2.24) is 5.32 Å². The molecule has 0 amide bonds. The van der Waals surface area contributed by atoms with E-state index in [1.165, 1.54) is 30.4 Å². The van der Waals surface area contributed by atoms with Gasteiger partial charge in [-0.25, -0.2) is 0 Å². The molecule has 0 aromatic heterocycles. The average Bonchev–Trinajstić information content (AvgIpc) is 2.43. The van der Waals surface area contributed by atoms with Gasteiger partial charge in [0, 0.05) is 19.2 Å². The number of rotatable bonds is 5. The van der Waals surface area contributed by atoms with Crippen LogP contribution in [0.15, 0.2) is 24.3 Å². The summed E-state index contributed by atoms with van der Waals surface area (Å²) in [7, 11) is 0. The molecule has 3 unspecified atom stereocenters. The molecule has 0 bridgehead atoms. The van der Waals surface area contributed by atoms with Gasteiger partial charge in [0.15, 0.2) is 0 Å². The van der Waals surface area contributed by atoms with Gasteiger partial charge in [0.25, 0.3) is 0 Å². The Morgan fingerprint density at radius 2 is 2.11 bits per heavy atom. The van der Waals surface area contributed by atoms with E-state index in [1.54, 1.807) is 0 Å². The fourth-order valence-electron chi connectivity index (χ4n) is 2.75. The maximum Gasteiger partial charge on any atom is 0.0471 e. The third-order valence-electron chi connectivity index (χ3n) is 4.32. The second-order valence-corrected chi connectivity index (χ2v) is 5.64. The van der Waals surface area contributed by atoms with Crippen molar-refractivity contribution in [2.75, 3.05) is 13.2 Å². The maximum absolute atomic E-state index is 9.16. The Morgan fingerprint density at radius 3 is 2.89 bits per heavy atom. The van der Waals surface area contributed by atoms with Crippen LogP contribution in [0.4, 0.5) is 0 Å². The number of nitrogens with one attached hydrogen (secondary N) is 1. The Labute approximate surface area is 110 Å². The molecule has 0 spiro atoms. The third kappa shape index (κ3) is 3.12. The number of aryl methyl sites for hydroxylation is 1. The van der Waals surface area contributed by atoms with Crippen LogP contribution in [-0.4, -0.2) is 24.3 Å². The lowest BCUT2D eigenvalue weighted by Gasteiger charge is -2.28. The summed E-state index contributed by atoms with van der Waals surface area (Å²) in [6.07, 6.45) is 3.81. The first-order valence-electron chi connectivity index (χ1n) is 7.14. The number of aliphatic hydroxyl groups excluding tert-OH is 1. The van der Waals surface area contributed by atoms with E-state index < -0.39 is 0 Å². The van der Waals surface area contributed by atoms with Crippen LogP contribution in [0.1, 0.15) is 43.7 Å². The predicted molar refractivity (Wildman–Crippen MR) is 75.8 cm³/mol. The molecule has 1 aliphatic carbocycles. The molecule has 0 heterocycles. The molecule has 0 radical (unpaired) electrons. The van der Waals surface area contributed by atoms with Crippen LogP contribution in [-0.2, 0) is 6.42 Å². The molecule has 3 atom stereocenters. The summed E-state index contributed by atoms with van der Waals surface area (Å²) in [6.45, 7) is 5.54. The van der Waals surface area contributed by atoms with Gasteiger partial charge < -0.3 is 10.4 Å². The van der Waals surface area contributed by atoms with Gasteiger partial charge in [0.1, 0.15) is 0 Å². The Hall–Kier alpha value is -0.860. The highest BCUT2D eigenvalue weighted by atomic mass is 16.3. The highest BCUT2D eigenvalue weighted by Crippen LogP contribution is 2.30. The molecule has 2 rings (SSSR count). The second kappa shape index (κ2) is 6.35. The molecule has 0 saturated heterocycles. The summed E-state index contributed by atoms with van der Waals surface area (Å²) in [6, 6.07) is 9.22. The summed E-state index contributed by atoms with van der Waals surface area (Å²) >= 11 is 0. The number of aliphatic hydroxyl groups is 1. The fourth-order valence-corrected chi connectivity index (χ4v) is 2.75. The molecule has 2 heteroatoms. The van der Waals surface area contributed by atoms with Crippen molar-refractivity contribution in [2.24, 2.45) is 5.92 Å². The SMILES string of the molecule is CC(CO)C(C)NCC1CCCc2ccccc21. The van der Waals surface area contributed by atoms with Crippen molar-refractivity contribution >= 4 is 0 Å². The van der Waals surface area contributed by atoms with Gasteiger partial charge in [-0.3, -0.25) is 0 Å². The first-order chi connectivity index (χ1) is 8.72. The Morgan fingerprint density at radius 1 is 1.33 bits per heavy atom. The minimum atomic E-state index is 0.259. The van der Waals surface area contributed by atoms with E-state index in [9.17, 15) is 0 Å². The van der Waals surface area contributed by atoms with Crippen molar-refractivity contribution in [3.8, 4) is 0 Å². The molecular weight excluding hydrogens is 222 g/mol. The molecule has 2 N–H and O–H groups in total. The highest BCUT2D eigenvalue weighted by molar-refractivity contribution is 5.32. The van der Waals surface area contributed by atoms with Crippen LogP contribution in [0.3, 0.4) is 0 Å². The van der Waals surface area contributed by atoms with Crippen LogP contribution in [0.2, 0.25) is 0 Å². The molecule has 18 heavy (non-hydrogen) atoms. The van der Waals surface area contributed by atoms with Gasteiger partial charge in [-0.2, -0.15) is 0 Å². The largest absolute Gasteiger partial charge is 0.396 e. The van der Waals surface area contributed by atoms with Gasteiger partial charge in [0.2, 0.25) is 0 Å². The van der Waals surface area contributed by atoms with E-state index in [0.29, 0.717) is 17.9 Å². The van der Waals surface area contributed by atoms with Crippen molar-refractivity contribution in [3.63, 3.8) is 0 Å². The highest BCUT2D eigenvalue weighted by Gasteiger charge is 2.20. The van der Waals surface area contributed by atoms with Crippen molar-refractivity contribution in [2.45, 2.75) is 45.1 Å². The Kier molecular flexibility index (Phi) is 4.79. The molecule has 0 aliphatic heterocycles. The summed E-state index contributed by atoms with van der Waals surface area (Å²) in [5.41, 5.74) is 3.05. The number of hydrogen-bond donors (Lipinski definition) is 2. The Bertz CT molecular complexity index is 377. The van der Waals surface area contributed by atoms with Gasteiger partial charge in [0.05, 0.1) is 0 Å². The normalized spacial score (nSPS) is 22.3. The van der Waals surface area contributed by atoms with Crippen LogP contribution in [0.25, 0.3) is 0 Å². The van der Waals surface area contributed by atoms with E-state index in [1.807, 2.05) is 0 Å². The molecule has 1 aromatic carbocycles. The molecule has 1 aromatic rings. The molecule has 100 valence electrons. The quantitative estimate of drug-likeness (QED) is 0.838. The van der Waals surface area contributed by atoms with E-state index in [2.05, 4.69) is 43.4 Å².